The highest BCUT2D eigenvalue weighted by Gasteiger charge is 2.25. The summed E-state index contributed by atoms with van der Waals surface area (Å²) in [6.45, 7) is 4.16. The Hall–Kier alpha value is -1.58. The Bertz CT molecular complexity index is 467. The van der Waals surface area contributed by atoms with Crippen LogP contribution >= 0.6 is 0 Å². The second kappa shape index (κ2) is 4.35. The molecule has 3 N–H and O–H groups in total. The van der Waals surface area contributed by atoms with Crippen LogP contribution in [0.4, 0.5) is 5.69 Å². The summed E-state index contributed by atoms with van der Waals surface area (Å²) in [7, 11) is 0. The predicted octanol–water partition coefficient (Wildman–Crippen LogP) is 2.05. The Morgan fingerprint density at radius 3 is 2.76 bits per heavy atom. The fourth-order valence-electron chi connectivity index (χ4n) is 2.44. The number of hydrogen-bond acceptors (Lipinski definition) is 3. The van der Waals surface area contributed by atoms with E-state index >= 15 is 0 Å². The van der Waals surface area contributed by atoms with E-state index in [1.54, 1.807) is 0 Å². The van der Waals surface area contributed by atoms with Crippen molar-refractivity contribution in [2.75, 3.05) is 5.73 Å². The van der Waals surface area contributed by atoms with Crippen LogP contribution in [0.2, 0.25) is 0 Å². The van der Waals surface area contributed by atoms with Crippen molar-refractivity contribution < 1.29 is 9.90 Å². The monoisotopic (exact) mass is 234 g/mol. The van der Waals surface area contributed by atoms with Crippen LogP contribution in [-0.2, 0) is 19.3 Å². The van der Waals surface area contributed by atoms with Crippen molar-refractivity contribution in [3.63, 3.8) is 0 Å². The number of fused-ring (bicyclic) bond motifs is 1. The van der Waals surface area contributed by atoms with Gasteiger partial charge < -0.3 is 10.8 Å². The van der Waals surface area contributed by atoms with Crippen molar-refractivity contribution in [3.8, 4) is 0 Å². The molecule has 1 aromatic rings. The quantitative estimate of drug-likeness (QED) is 0.839. The van der Waals surface area contributed by atoms with Gasteiger partial charge in [-0.15, -0.1) is 0 Å². The number of aromatic nitrogens is 1. The van der Waals surface area contributed by atoms with Gasteiger partial charge in [0.25, 0.3) is 0 Å². The number of nitrogen functional groups attached to an aromatic ring is 1. The molecule has 0 aliphatic heterocycles. The molecule has 1 heterocycles. The van der Waals surface area contributed by atoms with Crippen molar-refractivity contribution >= 4 is 11.7 Å². The molecule has 0 atom stereocenters. The largest absolute Gasteiger partial charge is 0.478 e. The Kier molecular flexibility index (Phi) is 3.05. The zero-order chi connectivity index (χ0) is 12.6. The highest BCUT2D eigenvalue weighted by Crippen LogP contribution is 2.30. The minimum atomic E-state index is -0.923. The first-order valence-corrected chi connectivity index (χ1v) is 6.04. The Balaban J connectivity index is 2.56. The molecule has 0 aromatic carbocycles. The van der Waals surface area contributed by atoms with Gasteiger partial charge in [-0.25, -0.2) is 4.79 Å². The van der Waals surface area contributed by atoms with Crippen LogP contribution in [-0.4, -0.2) is 16.1 Å². The zero-order valence-electron chi connectivity index (χ0n) is 10.3. The van der Waals surface area contributed by atoms with Crippen molar-refractivity contribution in [2.45, 2.75) is 39.5 Å². The van der Waals surface area contributed by atoms with Gasteiger partial charge in [-0.1, -0.05) is 13.8 Å². The number of rotatable bonds is 3. The van der Waals surface area contributed by atoms with Gasteiger partial charge in [0.05, 0.1) is 16.9 Å². The molecule has 4 nitrogen and oxygen atoms in total. The van der Waals surface area contributed by atoms with Crippen LogP contribution in [0.25, 0.3) is 0 Å². The molecular weight excluding hydrogens is 216 g/mol. The molecule has 0 amide bonds. The van der Waals surface area contributed by atoms with Gasteiger partial charge in [0, 0.05) is 5.69 Å². The molecule has 0 fully saturated rings. The topological polar surface area (TPSA) is 76.2 Å². The van der Waals surface area contributed by atoms with Crippen LogP contribution < -0.4 is 5.73 Å². The van der Waals surface area contributed by atoms with Gasteiger partial charge in [-0.3, -0.25) is 4.98 Å². The Labute approximate surface area is 101 Å². The van der Waals surface area contributed by atoms with E-state index < -0.39 is 5.97 Å². The highest BCUT2D eigenvalue weighted by atomic mass is 16.4. The fraction of sp³-hybridized carbons (Fsp3) is 0.538. The number of carboxylic acid groups (broad SMARTS) is 1. The molecule has 1 aromatic heterocycles. The summed E-state index contributed by atoms with van der Waals surface area (Å²) >= 11 is 0. The Morgan fingerprint density at radius 1 is 1.47 bits per heavy atom. The maximum atomic E-state index is 11.3. The molecule has 0 unspecified atom stereocenters. The lowest BCUT2D eigenvalue weighted by atomic mass is 9.99. The second-order valence-electron chi connectivity index (χ2n) is 5.03. The summed E-state index contributed by atoms with van der Waals surface area (Å²) in [5.41, 5.74) is 9.16. The van der Waals surface area contributed by atoms with Crippen molar-refractivity contribution in [3.05, 3.63) is 22.5 Å². The first kappa shape index (κ1) is 11.9. The molecule has 1 aliphatic carbocycles. The van der Waals surface area contributed by atoms with E-state index in [0.29, 0.717) is 17.2 Å². The second-order valence-corrected chi connectivity index (χ2v) is 5.03. The molecule has 0 saturated heterocycles. The molecular formula is C13H18N2O2. The van der Waals surface area contributed by atoms with E-state index in [1.807, 2.05) is 0 Å². The van der Waals surface area contributed by atoms with Crippen molar-refractivity contribution in [1.82, 2.24) is 4.98 Å². The zero-order valence-corrected chi connectivity index (χ0v) is 10.3. The van der Waals surface area contributed by atoms with Gasteiger partial charge in [-0.05, 0) is 37.2 Å². The number of aromatic carboxylic acids is 1. The van der Waals surface area contributed by atoms with Gasteiger partial charge >= 0.3 is 5.97 Å². The fourth-order valence-corrected chi connectivity index (χ4v) is 2.44. The van der Waals surface area contributed by atoms with E-state index in [1.165, 1.54) is 0 Å². The van der Waals surface area contributed by atoms with E-state index in [2.05, 4.69) is 18.8 Å². The third kappa shape index (κ3) is 2.12. The number of carboxylic acids is 1. The number of carbonyl (C=O) groups is 1. The van der Waals surface area contributed by atoms with E-state index in [0.717, 1.165) is 42.6 Å². The molecule has 17 heavy (non-hydrogen) atoms. The summed E-state index contributed by atoms with van der Waals surface area (Å²) < 4.78 is 0. The predicted molar refractivity (Wildman–Crippen MR) is 66.2 cm³/mol. The normalized spacial score (nSPS) is 14.1. The summed E-state index contributed by atoms with van der Waals surface area (Å²) in [5, 5.41) is 9.28. The number of pyridine rings is 1. The first-order chi connectivity index (χ1) is 8.00. The van der Waals surface area contributed by atoms with E-state index in [-0.39, 0.29) is 0 Å². The number of aryl methyl sites for hydroxylation is 1. The molecule has 2 rings (SSSR count). The SMILES string of the molecule is CC(C)Cc1nc2c(c(C(=O)O)c1N)CCC2. The maximum absolute atomic E-state index is 11.3. The molecule has 4 heteroatoms. The number of anilines is 1. The van der Waals surface area contributed by atoms with Gasteiger partial charge in [0.2, 0.25) is 0 Å². The summed E-state index contributed by atoms with van der Waals surface area (Å²) in [5.74, 6) is -0.501. The van der Waals surface area contributed by atoms with Crippen LogP contribution in [0.15, 0.2) is 0 Å². The molecule has 0 spiro atoms. The molecule has 92 valence electrons. The third-order valence-electron chi connectivity index (χ3n) is 3.16. The first-order valence-electron chi connectivity index (χ1n) is 6.04. The summed E-state index contributed by atoms with van der Waals surface area (Å²) in [6.07, 6.45) is 3.38. The summed E-state index contributed by atoms with van der Waals surface area (Å²) in [4.78, 5) is 15.9. The van der Waals surface area contributed by atoms with Crippen LogP contribution in [0.3, 0.4) is 0 Å². The lowest BCUT2D eigenvalue weighted by Gasteiger charge is -2.14. The molecule has 0 bridgehead atoms. The minimum absolute atomic E-state index is 0.295. The molecule has 0 saturated carbocycles. The summed E-state index contributed by atoms with van der Waals surface area (Å²) in [6, 6.07) is 0. The minimum Gasteiger partial charge on any atom is -0.478 e. The average Bonchev–Trinajstić information content (AvgIpc) is 2.64. The van der Waals surface area contributed by atoms with Crippen LogP contribution in [0.5, 0.6) is 0 Å². The van der Waals surface area contributed by atoms with Crippen LogP contribution in [0.1, 0.15) is 47.6 Å². The third-order valence-corrected chi connectivity index (χ3v) is 3.16. The molecule has 0 radical (unpaired) electrons. The van der Waals surface area contributed by atoms with Gasteiger partial charge in [0.1, 0.15) is 0 Å². The highest BCUT2D eigenvalue weighted by molar-refractivity contribution is 5.96. The maximum Gasteiger partial charge on any atom is 0.338 e. The average molecular weight is 234 g/mol. The van der Waals surface area contributed by atoms with Gasteiger partial charge in [-0.2, -0.15) is 0 Å². The van der Waals surface area contributed by atoms with Crippen molar-refractivity contribution in [2.24, 2.45) is 5.92 Å². The number of hydrogen-bond donors (Lipinski definition) is 2. The van der Waals surface area contributed by atoms with E-state index in [9.17, 15) is 9.90 Å². The lowest BCUT2D eigenvalue weighted by Crippen LogP contribution is -2.13. The van der Waals surface area contributed by atoms with Crippen molar-refractivity contribution in [1.29, 1.82) is 0 Å². The lowest BCUT2D eigenvalue weighted by molar-refractivity contribution is 0.0696. The van der Waals surface area contributed by atoms with E-state index in [4.69, 9.17) is 5.73 Å². The number of nitrogens with two attached hydrogens (primary N) is 1. The number of nitrogens with zero attached hydrogens (tertiary/aromatic N) is 1. The Morgan fingerprint density at radius 2 is 2.18 bits per heavy atom. The standard InChI is InChI=1S/C13H18N2O2/c1-7(2)6-10-12(14)11(13(16)17)8-4-3-5-9(8)15-10/h7H,3-6,14H2,1-2H3,(H,16,17). The van der Waals surface area contributed by atoms with Crippen LogP contribution in [0, 0.1) is 5.92 Å². The van der Waals surface area contributed by atoms with Gasteiger partial charge in [0.15, 0.2) is 0 Å². The smallest absolute Gasteiger partial charge is 0.338 e. The molecule has 1 aliphatic rings.